The molecule has 0 saturated carbocycles. The average Bonchev–Trinajstić information content (AvgIpc) is 3.06. The van der Waals surface area contributed by atoms with E-state index < -0.39 is 0 Å². The summed E-state index contributed by atoms with van der Waals surface area (Å²) < 4.78 is 2.76. The van der Waals surface area contributed by atoms with Gasteiger partial charge in [-0.3, -0.25) is 14.4 Å². The minimum atomic E-state index is 0.00978. The van der Waals surface area contributed by atoms with Crippen LogP contribution < -0.4 is 10.2 Å². The number of carbonyl (C=O) groups excluding carboxylic acids is 1. The van der Waals surface area contributed by atoms with Crippen molar-refractivity contribution in [3.05, 3.63) is 40.8 Å². The van der Waals surface area contributed by atoms with Crippen LogP contribution in [0.4, 0.5) is 11.5 Å². The molecule has 9 heteroatoms. The molecule has 8 nitrogen and oxygen atoms in total. The van der Waals surface area contributed by atoms with Crippen LogP contribution >= 0.6 is 15.9 Å². The van der Waals surface area contributed by atoms with Crippen molar-refractivity contribution in [2.24, 2.45) is 7.05 Å². The fraction of sp³-hybridized carbons (Fsp3) is 0.368. The van der Waals surface area contributed by atoms with Crippen molar-refractivity contribution in [2.75, 3.05) is 42.9 Å². The highest BCUT2D eigenvalue weighted by atomic mass is 79.9. The molecule has 1 aliphatic rings. The van der Waals surface area contributed by atoms with E-state index in [4.69, 9.17) is 0 Å². The summed E-state index contributed by atoms with van der Waals surface area (Å²) in [5, 5.41) is 8.25. The van der Waals surface area contributed by atoms with E-state index in [0.717, 1.165) is 58.8 Å². The number of aromatic nitrogens is 4. The zero-order chi connectivity index (χ0) is 19.7. The Hall–Kier alpha value is -2.52. The molecule has 3 aromatic rings. The second-order valence-corrected chi connectivity index (χ2v) is 7.89. The Kier molecular flexibility index (Phi) is 5.27. The quantitative estimate of drug-likeness (QED) is 0.665. The lowest BCUT2D eigenvalue weighted by Gasteiger charge is -2.35. The number of rotatable bonds is 4. The summed E-state index contributed by atoms with van der Waals surface area (Å²) in [6, 6.07) is 5.85. The molecule has 4 rings (SSSR count). The minimum absolute atomic E-state index is 0.00978. The number of amides is 1. The first-order valence-electron chi connectivity index (χ1n) is 9.17. The van der Waals surface area contributed by atoms with Gasteiger partial charge >= 0.3 is 0 Å². The molecule has 0 aliphatic carbocycles. The molecule has 0 atom stereocenters. The molecule has 1 fully saturated rings. The van der Waals surface area contributed by atoms with Gasteiger partial charge < -0.3 is 10.2 Å². The number of hydrogen-bond donors (Lipinski definition) is 1. The van der Waals surface area contributed by atoms with E-state index in [2.05, 4.69) is 46.1 Å². The maximum absolute atomic E-state index is 12.4. The van der Waals surface area contributed by atoms with Crippen molar-refractivity contribution in [1.82, 2.24) is 24.6 Å². The number of aryl methyl sites for hydroxylation is 2. The second kappa shape index (κ2) is 7.84. The van der Waals surface area contributed by atoms with Crippen LogP contribution in [-0.4, -0.2) is 63.3 Å². The van der Waals surface area contributed by atoms with Crippen molar-refractivity contribution in [3.63, 3.8) is 0 Å². The molecule has 2 aromatic heterocycles. The Bertz CT molecular complexity index is 1010. The third-order valence-corrected chi connectivity index (χ3v) is 5.50. The van der Waals surface area contributed by atoms with Gasteiger partial charge in [-0.1, -0.05) is 15.9 Å². The normalized spacial score (nSPS) is 15.2. The summed E-state index contributed by atoms with van der Waals surface area (Å²) in [7, 11) is 1.88. The van der Waals surface area contributed by atoms with Crippen LogP contribution in [0, 0.1) is 6.92 Å². The topological polar surface area (TPSA) is 79.2 Å². The van der Waals surface area contributed by atoms with Crippen LogP contribution in [0.15, 0.2) is 35.2 Å². The van der Waals surface area contributed by atoms with Crippen molar-refractivity contribution >= 4 is 44.4 Å². The molecule has 1 aliphatic heterocycles. The Balaban J connectivity index is 1.35. The third-order valence-electron chi connectivity index (χ3n) is 5.01. The first-order valence-corrected chi connectivity index (χ1v) is 9.96. The molecule has 1 aromatic carbocycles. The van der Waals surface area contributed by atoms with Crippen molar-refractivity contribution in [2.45, 2.75) is 6.92 Å². The number of anilines is 2. The van der Waals surface area contributed by atoms with Crippen LogP contribution in [0.2, 0.25) is 0 Å². The highest BCUT2D eigenvalue weighted by Crippen LogP contribution is 2.23. The number of carbonyl (C=O) groups is 1. The van der Waals surface area contributed by atoms with E-state index in [9.17, 15) is 4.79 Å². The lowest BCUT2D eigenvalue weighted by atomic mass is 10.2. The van der Waals surface area contributed by atoms with E-state index in [-0.39, 0.29) is 5.91 Å². The third kappa shape index (κ3) is 3.85. The fourth-order valence-electron chi connectivity index (χ4n) is 3.48. The van der Waals surface area contributed by atoms with Gasteiger partial charge in [-0.05, 0) is 30.7 Å². The summed E-state index contributed by atoms with van der Waals surface area (Å²) >= 11 is 3.44. The molecule has 1 saturated heterocycles. The van der Waals surface area contributed by atoms with Gasteiger partial charge in [0.15, 0.2) is 5.65 Å². The minimum Gasteiger partial charge on any atom is -0.353 e. The number of halogens is 1. The van der Waals surface area contributed by atoms with E-state index in [1.807, 2.05) is 38.4 Å². The largest absolute Gasteiger partial charge is 0.353 e. The molecule has 0 radical (unpaired) electrons. The monoisotopic (exact) mass is 443 g/mol. The number of benzene rings is 1. The van der Waals surface area contributed by atoms with Crippen LogP contribution in [0.3, 0.4) is 0 Å². The molecule has 3 heterocycles. The van der Waals surface area contributed by atoms with Crippen molar-refractivity contribution in [1.29, 1.82) is 0 Å². The number of hydrogen-bond acceptors (Lipinski definition) is 6. The number of nitrogens with one attached hydrogen (secondary N) is 1. The van der Waals surface area contributed by atoms with E-state index in [0.29, 0.717) is 6.54 Å². The molecule has 1 amide bonds. The van der Waals surface area contributed by atoms with Gasteiger partial charge in [-0.25, -0.2) is 9.97 Å². The maximum atomic E-state index is 12.4. The SMILES string of the molecule is Cc1cc(Br)ccc1NC(=O)CN1CCN(c2ncnc3c2cnn3C)CC1. The molecule has 0 spiro atoms. The molecule has 1 N–H and O–H groups in total. The zero-order valence-electron chi connectivity index (χ0n) is 15.9. The molecule has 146 valence electrons. The van der Waals surface area contributed by atoms with Gasteiger partial charge in [0, 0.05) is 43.4 Å². The van der Waals surface area contributed by atoms with Crippen LogP contribution in [0.25, 0.3) is 11.0 Å². The zero-order valence-corrected chi connectivity index (χ0v) is 17.5. The molecular weight excluding hydrogens is 422 g/mol. The molecule has 0 bridgehead atoms. The van der Waals surface area contributed by atoms with E-state index >= 15 is 0 Å². The number of piperazine rings is 1. The van der Waals surface area contributed by atoms with Crippen molar-refractivity contribution < 1.29 is 4.79 Å². The predicted molar refractivity (Wildman–Crippen MR) is 112 cm³/mol. The standard InChI is InChI=1S/C19H22BrN7O/c1-13-9-14(20)3-4-16(13)24-17(28)11-26-5-7-27(8-6-26)19-15-10-23-25(2)18(15)21-12-22-19/h3-4,9-10,12H,5-8,11H2,1-2H3,(H,24,28). The first kappa shape index (κ1) is 18.8. The second-order valence-electron chi connectivity index (χ2n) is 6.97. The van der Waals surface area contributed by atoms with Gasteiger partial charge in [-0.2, -0.15) is 5.10 Å². The van der Waals surface area contributed by atoms with Crippen LogP contribution in [-0.2, 0) is 11.8 Å². The summed E-state index contributed by atoms with van der Waals surface area (Å²) in [6.07, 6.45) is 3.39. The lowest BCUT2D eigenvalue weighted by Crippen LogP contribution is -2.49. The molecular formula is C19H22BrN7O. The predicted octanol–water partition coefficient (Wildman–Crippen LogP) is 2.19. The maximum Gasteiger partial charge on any atom is 0.238 e. The fourth-order valence-corrected chi connectivity index (χ4v) is 3.96. The smallest absolute Gasteiger partial charge is 0.238 e. The van der Waals surface area contributed by atoms with Gasteiger partial charge in [0.25, 0.3) is 0 Å². The first-order chi connectivity index (χ1) is 13.5. The summed E-state index contributed by atoms with van der Waals surface area (Å²) in [5.74, 6) is 0.920. The van der Waals surface area contributed by atoms with Crippen LogP contribution in [0.5, 0.6) is 0 Å². The van der Waals surface area contributed by atoms with E-state index in [1.165, 1.54) is 0 Å². The summed E-state index contributed by atoms with van der Waals surface area (Å²) in [6.45, 7) is 5.60. The number of fused-ring (bicyclic) bond motifs is 1. The molecule has 28 heavy (non-hydrogen) atoms. The van der Waals surface area contributed by atoms with Crippen molar-refractivity contribution in [3.8, 4) is 0 Å². The Morgan fingerprint density at radius 1 is 1.21 bits per heavy atom. The Labute approximate surface area is 171 Å². The highest BCUT2D eigenvalue weighted by Gasteiger charge is 2.22. The Morgan fingerprint density at radius 3 is 2.75 bits per heavy atom. The van der Waals surface area contributed by atoms with Gasteiger partial charge in [0.2, 0.25) is 5.91 Å². The van der Waals surface area contributed by atoms with Gasteiger partial charge in [-0.15, -0.1) is 0 Å². The van der Waals surface area contributed by atoms with E-state index in [1.54, 1.807) is 11.0 Å². The molecule has 0 unspecified atom stereocenters. The number of nitrogens with zero attached hydrogens (tertiary/aromatic N) is 6. The Morgan fingerprint density at radius 2 is 2.00 bits per heavy atom. The summed E-state index contributed by atoms with van der Waals surface area (Å²) in [5.41, 5.74) is 2.72. The lowest BCUT2D eigenvalue weighted by molar-refractivity contribution is -0.117. The van der Waals surface area contributed by atoms with Gasteiger partial charge in [0.05, 0.1) is 18.1 Å². The summed E-state index contributed by atoms with van der Waals surface area (Å²) in [4.78, 5) is 25.6. The average molecular weight is 444 g/mol. The highest BCUT2D eigenvalue weighted by molar-refractivity contribution is 9.10. The van der Waals surface area contributed by atoms with Crippen LogP contribution in [0.1, 0.15) is 5.56 Å². The van der Waals surface area contributed by atoms with Gasteiger partial charge in [0.1, 0.15) is 12.1 Å².